The summed E-state index contributed by atoms with van der Waals surface area (Å²) in [5.74, 6) is -6.47. The molecule has 0 saturated heterocycles. The quantitative estimate of drug-likeness (QED) is 0.0132. The third kappa shape index (κ3) is 36.2. The van der Waals surface area contributed by atoms with E-state index < -0.39 is 99.6 Å². The van der Waals surface area contributed by atoms with Crippen LogP contribution in [0.2, 0.25) is 6.04 Å². The average Bonchev–Trinajstić information content (AvgIpc) is 3.60. The zero-order valence-corrected chi connectivity index (χ0v) is 40.7. The molecule has 0 aliphatic carbocycles. The zero-order chi connectivity index (χ0) is 51.1. The Morgan fingerprint density at radius 1 is 0.507 bits per heavy atom. The van der Waals surface area contributed by atoms with Crippen LogP contribution in [-0.2, 0) is 85.8 Å². The minimum atomic E-state index is -3.06. The first-order valence-electron chi connectivity index (χ1n) is 22.2. The summed E-state index contributed by atoms with van der Waals surface area (Å²) in [6.45, 7) is 8.06. The van der Waals surface area contributed by atoms with Gasteiger partial charge in [-0.1, -0.05) is 0 Å². The molecule has 1 rings (SSSR count). The van der Waals surface area contributed by atoms with Crippen molar-refractivity contribution in [1.82, 2.24) is 36.5 Å². The van der Waals surface area contributed by atoms with E-state index in [1.165, 1.54) is 0 Å². The number of esters is 1. The van der Waals surface area contributed by atoms with Gasteiger partial charge >= 0.3 is 11.9 Å². The monoisotopic (exact) mass is 1010 g/mol. The molecule has 0 spiro atoms. The van der Waals surface area contributed by atoms with E-state index in [1.807, 2.05) is 0 Å². The Labute approximate surface area is 401 Å². The van der Waals surface area contributed by atoms with Gasteiger partial charge < -0.3 is 79.3 Å². The Balaban J connectivity index is 2.04. The summed E-state index contributed by atoms with van der Waals surface area (Å²) in [5.41, 5.74) is -1.54. The maximum atomic E-state index is 13.0. The van der Waals surface area contributed by atoms with Crippen LogP contribution in [0.1, 0.15) is 33.6 Å². The third-order valence-corrected chi connectivity index (χ3v) is 10.7. The molecular formula is C41H69N7O20Si. The second-order valence-electron chi connectivity index (χ2n) is 15.3. The van der Waals surface area contributed by atoms with Crippen LogP contribution in [0.4, 0.5) is 4.79 Å². The molecule has 0 fully saturated rings. The van der Waals surface area contributed by atoms with E-state index in [2.05, 4.69) is 31.6 Å². The van der Waals surface area contributed by atoms with Crippen LogP contribution in [0.5, 0.6) is 0 Å². The molecule has 392 valence electrons. The summed E-state index contributed by atoms with van der Waals surface area (Å²) < 4.78 is 48.1. The number of aliphatic carboxylic acids is 1. The maximum Gasteiger partial charge on any atom is 0.306 e. The van der Waals surface area contributed by atoms with Gasteiger partial charge in [0.05, 0.1) is 138 Å². The Morgan fingerprint density at radius 2 is 0.870 bits per heavy atom. The lowest BCUT2D eigenvalue weighted by Gasteiger charge is -2.21. The summed E-state index contributed by atoms with van der Waals surface area (Å²) in [6.07, 6.45) is 1.72. The van der Waals surface area contributed by atoms with E-state index in [0.29, 0.717) is 90.8 Å². The molecule has 1 heterocycles. The minimum absolute atomic E-state index is 0.0345. The van der Waals surface area contributed by atoms with Gasteiger partial charge in [0.25, 0.3) is 11.8 Å². The molecule has 0 bridgehead atoms. The normalized spacial score (nSPS) is 12.6. The van der Waals surface area contributed by atoms with Gasteiger partial charge in [-0.25, -0.2) is 0 Å². The van der Waals surface area contributed by atoms with Crippen molar-refractivity contribution in [3.8, 4) is 0 Å². The topological polar surface area (TPSA) is 349 Å². The largest absolute Gasteiger partial charge is 0.481 e. The first-order chi connectivity index (χ1) is 33.0. The minimum Gasteiger partial charge on any atom is -0.481 e. The van der Waals surface area contributed by atoms with Crippen molar-refractivity contribution in [3.63, 3.8) is 0 Å². The SMILES string of the molecule is CC(C)(C)OC(=O)CC[Si@H](NC(=O)CN1C(=O)C=CC1=O)C(=O)NCC(=O)NCC(=O)NCC(=O)NCC(=O)NCCOCCOCCOCCOCCOCCOCCOCCOCCC(=O)O. The summed E-state index contributed by atoms with van der Waals surface area (Å²) in [5, 5.41) is 20.3. The van der Waals surface area contributed by atoms with Gasteiger partial charge in [-0.05, 0) is 26.8 Å². The number of nitrogens with one attached hydrogen (secondary N) is 6. The molecule has 1 aliphatic heterocycles. The number of carbonyl (C=O) groups is 10. The standard InChI is InChI=1S/C41H69N7O20Si/c1-41(2,3)68-39(58)7-25-69(47-35(53)30-48-36(54)4-5-37(48)55)40(59)46-29-34(52)45-28-33(51)44-27-32(50)43-26-31(49)42-8-10-61-12-14-63-16-18-65-20-22-67-24-23-66-21-19-64-17-15-62-13-11-60-9-6-38(56)57/h4-5,69H,6-30H2,1-3H3,(H,42,49)(H,43,50)(H,44,51)(H,45,52)(H,46,59)(H,47,53)(H,56,57)/t69-/m0/s1. The van der Waals surface area contributed by atoms with Crippen LogP contribution in [0.15, 0.2) is 12.2 Å². The molecule has 0 aromatic carbocycles. The van der Waals surface area contributed by atoms with Crippen molar-refractivity contribution >= 4 is 67.8 Å². The van der Waals surface area contributed by atoms with E-state index in [0.717, 1.165) is 12.2 Å². The van der Waals surface area contributed by atoms with Crippen LogP contribution in [-0.4, -0.2) is 228 Å². The predicted molar refractivity (Wildman–Crippen MR) is 241 cm³/mol. The number of hydrogen-bond acceptors (Lipinski definition) is 19. The number of carboxylic acid groups (broad SMARTS) is 1. The van der Waals surface area contributed by atoms with Gasteiger partial charge in [-0.2, -0.15) is 0 Å². The molecular weight excluding hydrogens is 939 g/mol. The fourth-order valence-electron chi connectivity index (χ4n) is 5.03. The van der Waals surface area contributed by atoms with Crippen molar-refractivity contribution < 1.29 is 95.7 Å². The summed E-state index contributed by atoms with van der Waals surface area (Å²) in [6, 6.07) is -0.110. The van der Waals surface area contributed by atoms with Crippen LogP contribution < -0.4 is 31.6 Å². The molecule has 7 N–H and O–H groups in total. The highest BCUT2D eigenvalue weighted by Crippen LogP contribution is 2.10. The van der Waals surface area contributed by atoms with E-state index in [-0.39, 0.29) is 51.8 Å². The Bertz CT molecular complexity index is 1630. The second-order valence-corrected chi connectivity index (χ2v) is 17.8. The molecule has 0 saturated carbocycles. The fourth-order valence-corrected chi connectivity index (χ4v) is 6.93. The zero-order valence-electron chi connectivity index (χ0n) is 39.6. The molecule has 27 nitrogen and oxygen atoms in total. The average molecular weight is 1010 g/mol. The Hall–Kier alpha value is -5.46. The molecule has 1 aliphatic rings. The molecule has 8 amide bonds. The van der Waals surface area contributed by atoms with E-state index in [9.17, 15) is 47.9 Å². The first kappa shape index (κ1) is 61.6. The molecule has 1 atom stereocenters. The van der Waals surface area contributed by atoms with Crippen LogP contribution in [0.3, 0.4) is 0 Å². The van der Waals surface area contributed by atoms with Crippen LogP contribution in [0.25, 0.3) is 0 Å². The number of hydrogen-bond donors (Lipinski definition) is 7. The lowest BCUT2D eigenvalue weighted by Crippen LogP contribution is -2.54. The predicted octanol–water partition coefficient (Wildman–Crippen LogP) is -4.15. The molecule has 0 aromatic rings. The van der Waals surface area contributed by atoms with Crippen molar-refractivity contribution in [2.45, 2.75) is 45.3 Å². The number of carbonyl (C=O) groups excluding carboxylic acids is 9. The maximum absolute atomic E-state index is 13.0. The Morgan fingerprint density at radius 3 is 1.26 bits per heavy atom. The first-order valence-corrected chi connectivity index (χ1v) is 24.2. The fraction of sp³-hybridized carbons (Fsp3) is 0.707. The highest BCUT2D eigenvalue weighted by molar-refractivity contribution is 6.89. The van der Waals surface area contributed by atoms with Crippen LogP contribution >= 0.6 is 0 Å². The lowest BCUT2D eigenvalue weighted by atomic mass is 10.2. The molecule has 0 radical (unpaired) electrons. The van der Waals surface area contributed by atoms with Gasteiger partial charge in [0.2, 0.25) is 44.0 Å². The van der Waals surface area contributed by atoms with Crippen molar-refractivity contribution in [2.75, 3.05) is 145 Å². The van der Waals surface area contributed by atoms with E-state index in [1.54, 1.807) is 20.8 Å². The van der Waals surface area contributed by atoms with Crippen LogP contribution in [0, 0.1) is 0 Å². The van der Waals surface area contributed by atoms with Gasteiger partial charge in [0.15, 0.2) is 0 Å². The third-order valence-electron chi connectivity index (χ3n) is 8.31. The second kappa shape index (κ2) is 38.4. The number of amides is 8. The number of ether oxygens (including phenoxy) is 9. The van der Waals surface area contributed by atoms with Gasteiger partial charge in [0.1, 0.15) is 12.1 Å². The van der Waals surface area contributed by atoms with Gasteiger partial charge in [-0.3, -0.25) is 52.8 Å². The highest BCUT2D eigenvalue weighted by Gasteiger charge is 2.30. The van der Waals surface area contributed by atoms with Crippen molar-refractivity contribution in [2.24, 2.45) is 0 Å². The number of carboxylic acids is 1. The molecule has 69 heavy (non-hydrogen) atoms. The molecule has 28 heteroatoms. The van der Waals surface area contributed by atoms with Gasteiger partial charge in [0, 0.05) is 25.1 Å². The smallest absolute Gasteiger partial charge is 0.306 e. The Kier molecular flexibility index (Phi) is 34.2. The van der Waals surface area contributed by atoms with Crippen molar-refractivity contribution in [3.05, 3.63) is 12.2 Å². The number of nitrogens with zero attached hydrogens (tertiary/aromatic N) is 1. The number of imide groups is 1. The molecule has 0 aromatic heterocycles. The van der Waals surface area contributed by atoms with E-state index in [4.69, 9.17) is 47.7 Å². The van der Waals surface area contributed by atoms with Gasteiger partial charge in [-0.15, -0.1) is 0 Å². The van der Waals surface area contributed by atoms with E-state index >= 15 is 0 Å². The number of rotatable bonds is 42. The highest BCUT2D eigenvalue weighted by atomic mass is 28.3. The molecule has 0 unspecified atom stereocenters. The summed E-state index contributed by atoms with van der Waals surface area (Å²) in [4.78, 5) is 124. The summed E-state index contributed by atoms with van der Waals surface area (Å²) in [7, 11) is -3.06. The van der Waals surface area contributed by atoms with Crippen molar-refractivity contribution in [1.29, 1.82) is 0 Å². The summed E-state index contributed by atoms with van der Waals surface area (Å²) >= 11 is 0. The lowest BCUT2D eigenvalue weighted by molar-refractivity contribution is -0.154.